The monoisotopic (exact) mass is 216 g/mol. The Kier molecular flexibility index (Phi) is 5.01. The first-order valence-corrected chi connectivity index (χ1v) is 5.45. The quantitative estimate of drug-likeness (QED) is 0.535. The van der Waals surface area contributed by atoms with Crippen LogP contribution < -0.4 is 11.1 Å². The topological polar surface area (TPSA) is 84.6 Å². The van der Waals surface area contributed by atoms with Gasteiger partial charge in [-0.05, 0) is 25.7 Å². The van der Waals surface area contributed by atoms with Crippen LogP contribution in [-0.2, 0) is 9.53 Å². The van der Waals surface area contributed by atoms with E-state index in [0.717, 1.165) is 6.42 Å². The summed E-state index contributed by atoms with van der Waals surface area (Å²) in [5.41, 5.74) is 5.22. The van der Waals surface area contributed by atoms with E-state index in [4.69, 9.17) is 15.6 Å². The summed E-state index contributed by atoms with van der Waals surface area (Å²) in [5.74, 6) is -0.0938. The molecule has 4 N–H and O–H groups in total. The predicted octanol–water partition coefficient (Wildman–Crippen LogP) is -0.617. The van der Waals surface area contributed by atoms with Gasteiger partial charge in [0, 0.05) is 26.4 Å². The fourth-order valence-corrected chi connectivity index (χ4v) is 1.58. The minimum Gasteiger partial charge on any atom is -0.396 e. The van der Waals surface area contributed by atoms with E-state index in [1.165, 1.54) is 0 Å². The number of carbonyl (C=O) groups excluding carboxylic acids is 1. The van der Waals surface area contributed by atoms with Gasteiger partial charge >= 0.3 is 0 Å². The van der Waals surface area contributed by atoms with Crippen molar-refractivity contribution in [3.63, 3.8) is 0 Å². The number of nitrogens with two attached hydrogens (primary N) is 1. The Balaban J connectivity index is 2.25. The highest BCUT2D eigenvalue weighted by atomic mass is 16.5. The molecule has 1 saturated heterocycles. The van der Waals surface area contributed by atoms with Crippen molar-refractivity contribution in [1.29, 1.82) is 0 Å². The highest BCUT2D eigenvalue weighted by molar-refractivity contribution is 5.86. The van der Waals surface area contributed by atoms with Crippen LogP contribution in [0.3, 0.4) is 0 Å². The van der Waals surface area contributed by atoms with Gasteiger partial charge in [0.2, 0.25) is 5.91 Å². The lowest BCUT2D eigenvalue weighted by atomic mass is 9.90. The van der Waals surface area contributed by atoms with E-state index in [1.54, 1.807) is 0 Å². The molecule has 0 radical (unpaired) electrons. The minimum atomic E-state index is -0.753. The number of amides is 1. The smallest absolute Gasteiger partial charge is 0.240 e. The second kappa shape index (κ2) is 6.05. The third kappa shape index (κ3) is 3.77. The number of hydrogen-bond acceptors (Lipinski definition) is 4. The van der Waals surface area contributed by atoms with Crippen LogP contribution in [0.15, 0.2) is 0 Å². The van der Waals surface area contributed by atoms with Gasteiger partial charge in [-0.2, -0.15) is 0 Å². The van der Waals surface area contributed by atoms with Crippen LogP contribution in [-0.4, -0.2) is 42.9 Å². The normalized spacial score (nSPS) is 19.9. The summed E-state index contributed by atoms with van der Waals surface area (Å²) in [6.45, 7) is 1.86. The molecule has 5 nitrogen and oxygen atoms in total. The van der Waals surface area contributed by atoms with Crippen LogP contribution in [0, 0.1) is 0 Å². The standard InChI is InChI=1S/C10H20N2O3/c11-10(3-7-15-8-4-10)9(14)12-5-1-2-6-13/h13H,1-8,11H2,(H,12,14). The third-order valence-electron chi connectivity index (χ3n) is 2.71. The predicted molar refractivity (Wildman–Crippen MR) is 56.3 cm³/mol. The third-order valence-corrected chi connectivity index (χ3v) is 2.71. The molecule has 88 valence electrons. The Bertz CT molecular complexity index is 203. The van der Waals surface area contributed by atoms with Crippen molar-refractivity contribution in [2.45, 2.75) is 31.2 Å². The number of unbranched alkanes of at least 4 members (excludes halogenated alkanes) is 1. The maximum absolute atomic E-state index is 11.7. The average Bonchev–Trinajstić information content (AvgIpc) is 2.25. The van der Waals surface area contributed by atoms with Crippen molar-refractivity contribution in [1.82, 2.24) is 5.32 Å². The number of carbonyl (C=O) groups is 1. The molecule has 0 atom stereocenters. The van der Waals surface area contributed by atoms with Crippen molar-refractivity contribution in [3.8, 4) is 0 Å². The zero-order valence-corrected chi connectivity index (χ0v) is 9.00. The molecule has 1 heterocycles. The number of aliphatic hydroxyl groups is 1. The minimum absolute atomic E-state index is 0.0938. The van der Waals surface area contributed by atoms with Gasteiger partial charge in [-0.25, -0.2) is 0 Å². The number of ether oxygens (including phenoxy) is 1. The molecule has 15 heavy (non-hydrogen) atoms. The van der Waals surface area contributed by atoms with E-state index >= 15 is 0 Å². The SMILES string of the molecule is NC1(C(=O)NCCCCO)CCOCC1. The van der Waals surface area contributed by atoms with Crippen molar-refractivity contribution in [3.05, 3.63) is 0 Å². The summed E-state index contributed by atoms with van der Waals surface area (Å²) < 4.78 is 5.17. The molecule has 0 aromatic rings. The number of nitrogens with one attached hydrogen (secondary N) is 1. The lowest BCUT2D eigenvalue weighted by molar-refractivity contribution is -0.129. The number of aliphatic hydroxyl groups excluding tert-OH is 1. The molecule has 1 amide bonds. The first-order valence-electron chi connectivity index (χ1n) is 5.45. The Morgan fingerprint density at radius 2 is 2.07 bits per heavy atom. The van der Waals surface area contributed by atoms with Crippen molar-refractivity contribution in [2.75, 3.05) is 26.4 Å². The van der Waals surface area contributed by atoms with E-state index in [-0.39, 0.29) is 12.5 Å². The average molecular weight is 216 g/mol. The lowest BCUT2D eigenvalue weighted by Gasteiger charge is -2.31. The number of rotatable bonds is 5. The van der Waals surface area contributed by atoms with Gasteiger partial charge in [0.25, 0.3) is 0 Å². The second-order valence-corrected chi connectivity index (χ2v) is 3.96. The zero-order valence-electron chi connectivity index (χ0n) is 9.00. The Hall–Kier alpha value is -0.650. The van der Waals surface area contributed by atoms with Gasteiger partial charge in [-0.1, -0.05) is 0 Å². The van der Waals surface area contributed by atoms with E-state index in [1.807, 2.05) is 0 Å². The highest BCUT2D eigenvalue weighted by Crippen LogP contribution is 2.17. The molecule has 1 rings (SSSR count). The first-order chi connectivity index (χ1) is 7.19. The van der Waals surface area contributed by atoms with E-state index in [2.05, 4.69) is 5.32 Å². The van der Waals surface area contributed by atoms with Gasteiger partial charge in [0.1, 0.15) is 0 Å². The van der Waals surface area contributed by atoms with Crippen LogP contribution in [0.25, 0.3) is 0 Å². The molecular weight excluding hydrogens is 196 g/mol. The van der Waals surface area contributed by atoms with Crippen LogP contribution in [0.4, 0.5) is 0 Å². The lowest BCUT2D eigenvalue weighted by Crippen LogP contribution is -2.57. The summed E-state index contributed by atoms with van der Waals surface area (Å²) in [4.78, 5) is 11.7. The maximum atomic E-state index is 11.7. The summed E-state index contributed by atoms with van der Waals surface area (Å²) in [5, 5.41) is 11.4. The Morgan fingerprint density at radius 3 is 2.67 bits per heavy atom. The molecule has 0 aromatic heterocycles. The summed E-state index contributed by atoms with van der Waals surface area (Å²) in [6, 6.07) is 0. The molecular formula is C10H20N2O3. The molecule has 1 fully saturated rings. The van der Waals surface area contributed by atoms with Gasteiger partial charge in [-0.15, -0.1) is 0 Å². The van der Waals surface area contributed by atoms with Crippen LogP contribution >= 0.6 is 0 Å². The summed E-state index contributed by atoms with van der Waals surface area (Å²) in [6.07, 6.45) is 2.66. The summed E-state index contributed by atoms with van der Waals surface area (Å²) in [7, 11) is 0. The fraction of sp³-hybridized carbons (Fsp3) is 0.900. The molecule has 0 aromatic carbocycles. The maximum Gasteiger partial charge on any atom is 0.240 e. The van der Waals surface area contributed by atoms with E-state index < -0.39 is 5.54 Å². The Labute approximate surface area is 90.0 Å². The Morgan fingerprint density at radius 1 is 1.40 bits per heavy atom. The molecule has 0 unspecified atom stereocenters. The van der Waals surface area contributed by atoms with Gasteiger partial charge in [0.15, 0.2) is 0 Å². The van der Waals surface area contributed by atoms with Gasteiger partial charge in [-0.3, -0.25) is 4.79 Å². The van der Waals surface area contributed by atoms with Crippen LogP contribution in [0.2, 0.25) is 0 Å². The fourth-order valence-electron chi connectivity index (χ4n) is 1.58. The van der Waals surface area contributed by atoms with Crippen molar-refractivity contribution < 1.29 is 14.6 Å². The molecule has 0 spiro atoms. The van der Waals surface area contributed by atoms with Crippen LogP contribution in [0.5, 0.6) is 0 Å². The molecule has 1 aliphatic rings. The molecule has 1 aliphatic heterocycles. The van der Waals surface area contributed by atoms with E-state index in [0.29, 0.717) is 39.0 Å². The van der Waals surface area contributed by atoms with Crippen molar-refractivity contribution >= 4 is 5.91 Å². The zero-order chi connectivity index (χ0) is 11.1. The van der Waals surface area contributed by atoms with Gasteiger partial charge < -0.3 is 20.9 Å². The van der Waals surface area contributed by atoms with Gasteiger partial charge in [0.05, 0.1) is 5.54 Å². The second-order valence-electron chi connectivity index (χ2n) is 3.96. The first kappa shape index (κ1) is 12.4. The largest absolute Gasteiger partial charge is 0.396 e. The molecule has 0 bridgehead atoms. The number of hydrogen-bond donors (Lipinski definition) is 3. The van der Waals surface area contributed by atoms with Crippen LogP contribution in [0.1, 0.15) is 25.7 Å². The van der Waals surface area contributed by atoms with Crippen molar-refractivity contribution in [2.24, 2.45) is 5.73 Å². The molecule has 0 aliphatic carbocycles. The highest BCUT2D eigenvalue weighted by Gasteiger charge is 2.35. The molecule has 5 heteroatoms. The van der Waals surface area contributed by atoms with E-state index in [9.17, 15) is 4.79 Å². The summed E-state index contributed by atoms with van der Waals surface area (Å²) >= 11 is 0. The molecule has 0 saturated carbocycles.